The van der Waals surface area contributed by atoms with Gasteiger partial charge in [-0.1, -0.05) is 30.3 Å². The first-order valence-corrected chi connectivity index (χ1v) is 9.16. The lowest BCUT2D eigenvalue weighted by atomic mass is 10.0. The molecule has 0 radical (unpaired) electrons. The largest absolute Gasteiger partial charge is 0.363 e. The van der Waals surface area contributed by atoms with E-state index in [1.165, 1.54) is 0 Å². The lowest BCUT2D eigenvalue weighted by molar-refractivity contribution is -0.0804. The Kier molecular flexibility index (Phi) is 3.65. The Morgan fingerprint density at radius 3 is 2.81 bits per heavy atom. The summed E-state index contributed by atoms with van der Waals surface area (Å²) in [6.45, 7) is 2.44. The van der Waals surface area contributed by atoms with Crippen LogP contribution in [0.1, 0.15) is 22.7 Å². The molecule has 138 valence electrons. The van der Waals surface area contributed by atoms with E-state index in [9.17, 15) is 4.79 Å². The van der Waals surface area contributed by atoms with Crippen molar-refractivity contribution in [3.8, 4) is 11.3 Å². The van der Waals surface area contributed by atoms with Crippen LogP contribution in [0.2, 0.25) is 0 Å². The third kappa shape index (κ3) is 2.75. The molecule has 1 amide bonds. The summed E-state index contributed by atoms with van der Waals surface area (Å²) in [4.78, 5) is 19.1. The van der Waals surface area contributed by atoms with Crippen molar-refractivity contribution in [2.75, 3.05) is 13.1 Å². The molecule has 0 saturated carbocycles. The van der Waals surface area contributed by atoms with E-state index in [1.54, 1.807) is 16.9 Å². The Balaban J connectivity index is 1.39. The topological polar surface area (TPSA) is 65.2 Å². The summed E-state index contributed by atoms with van der Waals surface area (Å²) < 4.78 is 10.1. The fraction of sp³-hybridized carbons (Fsp3) is 0.350. The van der Waals surface area contributed by atoms with Crippen LogP contribution in [0.3, 0.4) is 0 Å². The minimum absolute atomic E-state index is 0.0317. The molecule has 7 nitrogen and oxygen atoms in total. The molecule has 0 aliphatic carbocycles. The average molecular weight is 363 g/mol. The van der Waals surface area contributed by atoms with E-state index in [4.69, 9.17) is 4.74 Å². The zero-order valence-corrected chi connectivity index (χ0v) is 15.2. The van der Waals surface area contributed by atoms with Crippen molar-refractivity contribution in [3.63, 3.8) is 0 Å². The van der Waals surface area contributed by atoms with E-state index in [0.29, 0.717) is 31.9 Å². The van der Waals surface area contributed by atoms with Crippen molar-refractivity contribution < 1.29 is 9.53 Å². The first kappa shape index (κ1) is 16.3. The highest BCUT2D eigenvalue weighted by Crippen LogP contribution is 2.35. The fourth-order valence-corrected chi connectivity index (χ4v) is 4.05. The number of aryl methyl sites for hydroxylation is 1. The predicted octanol–water partition coefficient (Wildman–Crippen LogP) is 2.10. The highest BCUT2D eigenvalue weighted by atomic mass is 16.5. The lowest BCUT2D eigenvalue weighted by Gasteiger charge is -2.35. The molecule has 0 unspecified atom stereocenters. The van der Waals surface area contributed by atoms with Crippen LogP contribution in [-0.2, 0) is 24.9 Å². The molecule has 0 bridgehead atoms. The number of likely N-dealkylation sites (tertiary alicyclic amines) is 1. The highest BCUT2D eigenvalue weighted by Gasteiger charge is 2.44. The molecule has 5 rings (SSSR count). The second-order valence-corrected chi connectivity index (χ2v) is 7.33. The Labute approximate surface area is 157 Å². The molecule has 3 aromatic rings. The maximum absolute atomic E-state index is 12.7. The van der Waals surface area contributed by atoms with E-state index in [2.05, 4.69) is 26.8 Å². The minimum Gasteiger partial charge on any atom is -0.363 e. The molecule has 0 N–H and O–H groups in total. The SMILES string of the molecule is Cn1ccc(C(=O)N2CC[C@@]3(C2)Cn2c(-c4ccccc4)cnc2CO3)n1. The van der Waals surface area contributed by atoms with Crippen molar-refractivity contribution in [2.45, 2.75) is 25.2 Å². The molecule has 1 aromatic carbocycles. The molecule has 1 fully saturated rings. The number of hydrogen-bond acceptors (Lipinski definition) is 4. The van der Waals surface area contributed by atoms with Crippen LogP contribution in [0.4, 0.5) is 0 Å². The number of ether oxygens (including phenoxy) is 1. The van der Waals surface area contributed by atoms with Gasteiger partial charge in [0.05, 0.1) is 25.0 Å². The van der Waals surface area contributed by atoms with E-state index in [1.807, 2.05) is 36.3 Å². The van der Waals surface area contributed by atoms with Gasteiger partial charge in [-0.2, -0.15) is 5.10 Å². The number of hydrogen-bond donors (Lipinski definition) is 0. The summed E-state index contributed by atoms with van der Waals surface area (Å²) in [5.74, 6) is 0.907. The lowest BCUT2D eigenvalue weighted by Crippen LogP contribution is -2.45. The quantitative estimate of drug-likeness (QED) is 0.699. The van der Waals surface area contributed by atoms with Crippen molar-refractivity contribution in [1.29, 1.82) is 0 Å². The van der Waals surface area contributed by atoms with Gasteiger partial charge in [-0.15, -0.1) is 0 Å². The van der Waals surface area contributed by atoms with Gasteiger partial charge in [0.25, 0.3) is 5.91 Å². The van der Waals surface area contributed by atoms with Gasteiger partial charge in [0.15, 0.2) is 0 Å². The maximum atomic E-state index is 12.7. The summed E-state index contributed by atoms with van der Waals surface area (Å²) in [7, 11) is 1.82. The van der Waals surface area contributed by atoms with Crippen molar-refractivity contribution in [3.05, 3.63) is 60.3 Å². The highest BCUT2D eigenvalue weighted by molar-refractivity contribution is 5.92. The van der Waals surface area contributed by atoms with E-state index in [0.717, 1.165) is 23.5 Å². The molecule has 1 saturated heterocycles. The maximum Gasteiger partial charge on any atom is 0.274 e. The molecule has 2 aliphatic heterocycles. The van der Waals surface area contributed by atoms with Gasteiger partial charge in [-0.25, -0.2) is 4.98 Å². The molecule has 4 heterocycles. The van der Waals surface area contributed by atoms with Gasteiger partial charge in [0, 0.05) is 19.8 Å². The molecular weight excluding hydrogens is 342 g/mol. The second kappa shape index (κ2) is 6.06. The Hall–Kier alpha value is -2.93. The second-order valence-electron chi connectivity index (χ2n) is 7.33. The summed E-state index contributed by atoms with van der Waals surface area (Å²) in [5, 5.41) is 4.24. The molecule has 7 heteroatoms. The van der Waals surface area contributed by atoms with Gasteiger partial charge in [-0.05, 0) is 18.1 Å². The van der Waals surface area contributed by atoms with Crippen molar-refractivity contribution >= 4 is 5.91 Å². The van der Waals surface area contributed by atoms with Gasteiger partial charge in [-0.3, -0.25) is 9.48 Å². The van der Waals surface area contributed by atoms with Crippen LogP contribution in [0, 0.1) is 0 Å². The fourth-order valence-electron chi connectivity index (χ4n) is 4.05. The zero-order chi connectivity index (χ0) is 18.4. The summed E-state index contributed by atoms with van der Waals surface area (Å²) in [6, 6.07) is 12.0. The standard InChI is InChI=1S/C20H21N5O2/c1-23-9-7-16(22-23)19(26)24-10-8-20(13-24)14-25-17(11-21-18(25)12-27-20)15-5-3-2-4-6-15/h2-7,9,11H,8,10,12-14H2,1H3/t20-/m1/s1. The van der Waals surface area contributed by atoms with E-state index in [-0.39, 0.29) is 11.5 Å². The monoisotopic (exact) mass is 363 g/mol. The molecule has 1 atom stereocenters. The number of carbonyl (C=O) groups is 1. The summed E-state index contributed by atoms with van der Waals surface area (Å²) in [5.41, 5.74) is 2.37. The third-order valence-corrected chi connectivity index (χ3v) is 5.50. The van der Waals surface area contributed by atoms with Crippen LogP contribution in [0.15, 0.2) is 48.8 Å². The number of imidazole rings is 1. The number of nitrogens with zero attached hydrogens (tertiary/aromatic N) is 5. The normalized spacial score (nSPS) is 21.6. The Morgan fingerprint density at radius 1 is 1.19 bits per heavy atom. The number of benzene rings is 1. The zero-order valence-electron chi connectivity index (χ0n) is 15.2. The van der Waals surface area contributed by atoms with Crippen LogP contribution in [-0.4, -0.2) is 48.8 Å². The Morgan fingerprint density at radius 2 is 2.04 bits per heavy atom. The molecule has 2 aromatic heterocycles. The van der Waals surface area contributed by atoms with E-state index >= 15 is 0 Å². The third-order valence-electron chi connectivity index (χ3n) is 5.50. The van der Waals surface area contributed by atoms with Gasteiger partial charge in [0.2, 0.25) is 0 Å². The van der Waals surface area contributed by atoms with Crippen LogP contribution in [0.25, 0.3) is 11.3 Å². The van der Waals surface area contributed by atoms with E-state index < -0.39 is 0 Å². The van der Waals surface area contributed by atoms with Gasteiger partial charge in [0.1, 0.15) is 23.7 Å². The summed E-state index contributed by atoms with van der Waals surface area (Å²) in [6.07, 6.45) is 4.52. The smallest absolute Gasteiger partial charge is 0.274 e. The number of carbonyl (C=O) groups excluding carboxylic acids is 1. The first-order valence-electron chi connectivity index (χ1n) is 9.16. The van der Waals surface area contributed by atoms with Gasteiger partial charge < -0.3 is 14.2 Å². The minimum atomic E-state index is -0.359. The van der Waals surface area contributed by atoms with Crippen LogP contribution < -0.4 is 0 Å². The predicted molar refractivity (Wildman–Crippen MR) is 98.9 cm³/mol. The van der Waals surface area contributed by atoms with Crippen molar-refractivity contribution in [2.24, 2.45) is 7.05 Å². The molecule has 27 heavy (non-hydrogen) atoms. The molecular formula is C20H21N5O2. The number of fused-ring (bicyclic) bond motifs is 1. The molecule has 1 spiro atoms. The van der Waals surface area contributed by atoms with Crippen LogP contribution in [0.5, 0.6) is 0 Å². The average Bonchev–Trinajstić information content (AvgIpc) is 3.41. The Bertz CT molecular complexity index is 993. The summed E-state index contributed by atoms with van der Waals surface area (Å²) >= 11 is 0. The van der Waals surface area contributed by atoms with Crippen molar-refractivity contribution in [1.82, 2.24) is 24.2 Å². The number of rotatable bonds is 2. The first-order chi connectivity index (χ1) is 13.1. The number of aromatic nitrogens is 4. The number of amides is 1. The van der Waals surface area contributed by atoms with Gasteiger partial charge >= 0.3 is 0 Å². The van der Waals surface area contributed by atoms with Crippen LogP contribution >= 0.6 is 0 Å². The molecule has 2 aliphatic rings.